The monoisotopic (exact) mass is 531 g/mol. The first-order valence-electron chi connectivity index (χ1n) is 14.0. The van der Waals surface area contributed by atoms with E-state index in [-0.39, 0.29) is 17.8 Å². The molecular weight excluding hydrogens is 482 g/mol. The lowest BCUT2D eigenvalue weighted by atomic mass is 9.77. The number of benzene rings is 1. The van der Waals surface area contributed by atoms with E-state index in [9.17, 15) is 9.00 Å². The summed E-state index contributed by atoms with van der Waals surface area (Å²) < 4.78 is 26.4. The van der Waals surface area contributed by atoms with Crippen LogP contribution in [0.25, 0.3) is 0 Å². The standard InChI is InChI=1S/C30H49NO3SSi/c1-8-12-14-23-28(32)30(35(33,31-7)25-19-15-13-16-20-25)27-22-18-17-21-26(27)29(24(5)6)34-36(9-2,10-3)11-4/h8,13,15-16,19-20,24,26,29H,1,9-12,14,17-18,21-23H2,2-7H3/b30-27+/t26-,29+,35?/m1/s1. The minimum absolute atomic E-state index is 0.0225. The summed E-state index contributed by atoms with van der Waals surface area (Å²) in [6, 6.07) is 12.6. The van der Waals surface area contributed by atoms with Crippen molar-refractivity contribution >= 4 is 23.8 Å². The molecule has 0 saturated heterocycles. The molecule has 2 rings (SSSR count). The highest BCUT2D eigenvalue weighted by molar-refractivity contribution is 7.98. The minimum atomic E-state index is -3.05. The maximum absolute atomic E-state index is 14.7. The van der Waals surface area contributed by atoms with E-state index in [1.54, 1.807) is 7.05 Å². The minimum Gasteiger partial charge on any atom is -0.413 e. The fourth-order valence-electron chi connectivity index (χ4n) is 5.61. The highest BCUT2D eigenvalue weighted by Crippen LogP contribution is 2.43. The van der Waals surface area contributed by atoms with Crippen molar-refractivity contribution in [3.05, 3.63) is 53.5 Å². The van der Waals surface area contributed by atoms with Gasteiger partial charge in [-0.1, -0.05) is 65.3 Å². The third kappa shape index (κ3) is 7.08. The predicted octanol–water partition coefficient (Wildman–Crippen LogP) is 8.56. The van der Waals surface area contributed by atoms with Gasteiger partial charge in [-0.2, -0.15) is 0 Å². The second kappa shape index (κ2) is 14.4. The summed E-state index contributed by atoms with van der Waals surface area (Å²) in [6.45, 7) is 15.1. The van der Waals surface area contributed by atoms with Crippen molar-refractivity contribution in [3.8, 4) is 0 Å². The van der Waals surface area contributed by atoms with E-state index >= 15 is 0 Å². The van der Waals surface area contributed by atoms with E-state index in [0.717, 1.165) is 55.8 Å². The van der Waals surface area contributed by atoms with Gasteiger partial charge in [0.1, 0.15) is 9.73 Å². The van der Waals surface area contributed by atoms with Gasteiger partial charge in [0, 0.05) is 19.4 Å². The zero-order valence-corrected chi connectivity index (χ0v) is 25.4. The molecule has 1 aromatic carbocycles. The number of carbonyl (C=O) groups is 1. The van der Waals surface area contributed by atoms with Crippen molar-refractivity contribution in [1.29, 1.82) is 0 Å². The van der Waals surface area contributed by atoms with Gasteiger partial charge in [0.15, 0.2) is 14.1 Å². The summed E-state index contributed by atoms with van der Waals surface area (Å²) in [6.07, 6.45) is 7.58. The van der Waals surface area contributed by atoms with Crippen molar-refractivity contribution in [2.24, 2.45) is 16.2 Å². The summed E-state index contributed by atoms with van der Waals surface area (Å²) in [5, 5.41) is 0. The fourth-order valence-corrected chi connectivity index (χ4v) is 10.8. The van der Waals surface area contributed by atoms with Crippen LogP contribution in [-0.2, 0) is 18.9 Å². The number of hydrogen-bond donors (Lipinski definition) is 0. The van der Waals surface area contributed by atoms with Crippen LogP contribution < -0.4 is 0 Å². The van der Waals surface area contributed by atoms with Crippen LogP contribution in [0.15, 0.2) is 62.7 Å². The van der Waals surface area contributed by atoms with Crippen LogP contribution in [0.1, 0.15) is 79.6 Å². The van der Waals surface area contributed by atoms with E-state index in [1.807, 2.05) is 36.4 Å². The third-order valence-electron chi connectivity index (χ3n) is 7.99. The number of hydrogen-bond acceptors (Lipinski definition) is 4. The molecule has 1 saturated carbocycles. The average molecular weight is 532 g/mol. The smallest absolute Gasteiger partial charge is 0.192 e. The molecule has 1 aromatic rings. The molecule has 1 aliphatic carbocycles. The molecule has 1 fully saturated rings. The first-order chi connectivity index (χ1) is 17.2. The van der Waals surface area contributed by atoms with Gasteiger partial charge in [0.2, 0.25) is 0 Å². The van der Waals surface area contributed by atoms with Gasteiger partial charge < -0.3 is 4.43 Å². The molecule has 0 aromatic heterocycles. The van der Waals surface area contributed by atoms with Crippen molar-refractivity contribution in [3.63, 3.8) is 0 Å². The summed E-state index contributed by atoms with van der Waals surface area (Å²) in [5.41, 5.74) is 1.05. The topological polar surface area (TPSA) is 55.7 Å². The average Bonchev–Trinajstić information content (AvgIpc) is 2.91. The zero-order chi connectivity index (χ0) is 26.8. The molecule has 1 unspecified atom stereocenters. The van der Waals surface area contributed by atoms with Crippen LogP contribution in [0.2, 0.25) is 18.1 Å². The molecule has 3 atom stereocenters. The van der Waals surface area contributed by atoms with Crippen LogP contribution in [0.5, 0.6) is 0 Å². The fraction of sp³-hybridized carbons (Fsp3) is 0.633. The van der Waals surface area contributed by atoms with Gasteiger partial charge in [0.05, 0.1) is 15.9 Å². The van der Waals surface area contributed by atoms with Crippen molar-refractivity contribution < 1.29 is 13.4 Å². The van der Waals surface area contributed by atoms with Crippen LogP contribution in [0, 0.1) is 11.8 Å². The molecule has 1 aliphatic rings. The Bertz CT molecular complexity index is 996. The Kier molecular flexibility index (Phi) is 12.3. The molecule has 0 radical (unpaired) electrons. The summed E-state index contributed by atoms with van der Waals surface area (Å²) >= 11 is 0. The lowest BCUT2D eigenvalue weighted by molar-refractivity contribution is -0.115. The third-order valence-corrected chi connectivity index (χ3v) is 15.1. The number of Topliss-reactive ketones (excluding diaryl/α,β-unsaturated/α-hetero) is 1. The maximum atomic E-state index is 14.7. The number of allylic oxidation sites excluding steroid dienone is 2. The molecule has 36 heavy (non-hydrogen) atoms. The van der Waals surface area contributed by atoms with Crippen LogP contribution in [0.3, 0.4) is 0 Å². The molecule has 0 amide bonds. The Balaban J connectivity index is 2.76. The number of ketones is 1. The van der Waals surface area contributed by atoms with Crippen LogP contribution in [-0.4, -0.2) is 31.5 Å². The van der Waals surface area contributed by atoms with E-state index in [1.165, 1.54) is 0 Å². The Labute approximate surface area is 222 Å². The molecule has 0 bridgehead atoms. The lowest BCUT2D eigenvalue weighted by Gasteiger charge is -2.42. The molecule has 0 N–H and O–H groups in total. The normalized spacial score (nSPS) is 20.5. The number of nitrogens with zero attached hydrogens (tertiary/aromatic N) is 1. The van der Waals surface area contributed by atoms with Crippen LogP contribution in [0.4, 0.5) is 0 Å². The molecule has 0 spiro atoms. The number of unbranched alkanes of at least 4 members (excludes halogenated alkanes) is 1. The largest absolute Gasteiger partial charge is 0.413 e. The Morgan fingerprint density at radius 3 is 2.33 bits per heavy atom. The zero-order valence-electron chi connectivity index (χ0n) is 23.6. The van der Waals surface area contributed by atoms with E-state index in [0.29, 0.717) is 28.6 Å². The van der Waals surface area contributed by atoms with Gasteiger partial charge in [-0.15, -0.1) is 6.58 Å². The Morgan fingerprint density at radius 1 is 1.17 bits per heavy atom. The van der Waals surface area contributed by atoms with Crippen LogP contribution >= 0.6 is 0 Å². The highest BCUT2D eigenvalue weighted by atomic mass is 32.2. The second-order valence-corrected chi connectivity index (χ2v) is 17.4. The van der Waals surface area contributed by atoms with E-state index in [4.69, 9.17) is 4.43 Å². The molecule has 202 valence electrons. The summed E-state index contributed by atoms with van der Waals surface area (Å²) in [4.78, 5) is 15.0. The Morgan fingerprint density at radius 2 is 1.81 bits per heavy atom. The summed E-state index contributed by atoms with van der Waals surface area (Å²) in [7, 11) is -3.32. The van der Waals surface area contributed by atoms with Crippen molar-refractivity contribution in [1.82, 2.24) is 0 Å². The summed E-state index contributed by atoms with van der Waals surface area (Å²) in [5.74, 6) is 0.383. The van der Waals surface area contributed by atoms with Gasteiger partial charge in [-0.05, 0) is 73.9 Å². The van der Waals surface area contributed by atoms with Crippen molar-refractivity contribution in [2.45, 2.75) is 109 Å². The van der Waals surface area contributed by atoms with Gasteiger partial charge in [-0.25, -0.2) is 8.57 Å². The van der Waals surface area contributed by atoms with Gasteiger partial charge in [-0.3, -0.25) is 4.79 Å². The predicted molar refractivity (Wildman–Crippen MR) is 156 cm³/mol. The van der Waals surface area contributed by atoms with Gasteiger partial charge in [0.25, 0.3) is 0 Å². The number of rotatable bonds is 14. The first kappa shape index (κ1) is 30.7. The second-order valence-electron chi connectivity index (χ2n) is 10.4. The van der Waals surface area contributed by atoms with E-state index < -0.39 is 18.0 Å². The molecule has 0 aliphatic heterocycles. The quantitative estimate of drug-likeness (QED) is 0.105. The maximum Gasteiger partial charge on any atom is 0.192 e. The van der Waals surface area contributed by atoms with E-state index in [2.05, 4.69) is 45.6 Å². The molecule has 0 heterocycles. The molecule has 6 heteroatoms. The van der Waals surface area contributed by atoms with Crippen molar-refractivity contribution in [2.75, 3.05) is 7.05 Å². The van der Waals surface area contributed by atoms with Gasteiger partial charge >= 0.3 is 0 Å². The highest BCUT2D eigenvalue weighted by Gasteiger charge is 2.41. The first-order valence-corrected chi connectivity index (χ1v) is 18.0. The SMILES string of the molecule is C=CCCCC(=O)/C(=C1/CCCC[C@H]1[C@@H](O[Si](CC)(CC)CC)C(C)C)S(=O)(=NC)c1ccccc1. The molecule has 4 nitrogen and oxygen atoms in total. The number of carbonyl (C=O) groups excluding carboxylic acids is 1. The molecular formula is C30H49NO3SSi. The lowest BCUT2D eigenvalue weighted by Crippen LogP contribution is -2.45. The Hall–Kier alpha value is -1.50.